The average Bonchev–Trinajstić information content (AvgIpc) is 2.85. The van der Waals surface area contributed by atoms with Crippen molar-refractivity contribution in [3.8, 4) is 11.1 Å². The minimum absolute atomic E-state index is 0.297. The first-order valence-electron chi connectivity index (χ1n) is 8.06. The zero-order chi connectivity index (χ0) is 17.1. The quantitative estimate of drug-likeness (QED) is 0.744. The van der Waals surface area contributed by atoms with Gasteiger partial charge in [0, 0.05) is 10.4 Å². The van der Waals surface area contributed by atoms with E-state index >= 15 is 0 Å². The van der Waals surface area contributed by atoms with E-state index in [2.05, 4.69) is 52.0 Å². The number of carbonyl (C=O) groups excluding carboxylic acids is 1. The molecule has 0 saturated carbocycles. The van der Waals surface area contributed by atoms with Gasteiger partial charge in [-0.15, -0.1) is 11.3 Å². The van der Waals surface area contributed by atoms with Crippen LogP contribution in [0.1, 0.15) is 67.3 Å². The maximum atomic E-state index is 12.4. The number of ether oxygens (including phenoxy) is 1. The van der Waals surface area contributed by atoms with Gasteiger partial charge in [-0.25, -0.2) is 4.79 Å². The Kier molecular flexibility index (Phi) is 5.47. The summed E-state index contributed by atoms with van der Waals surface area (Å²) in [6.45, 7) is 10.7. The molecule has 23 heavy (non-hydrogen) atoms. The summed E-state index contributed by atoms with van der Waals surface area (Å²) in [5.41, 5.74) is 9.88. The highest BCUT2D eigenvalue weighted by Crippen LogP contribution is 2.43. The van der Waals surface area contributed by atoms with E-state index in [1.165, 1.54) is 16.9 Å². The lowest BCUT2D eigenvalue weighted by molar-refractivity contribution is 0.0529. The largest absolute Gasteiger partial charge is 0.462 e. The molecule has 124 valence electrons. The Bertz CT molecular complexity index is 684. The van der Waals surface area contributed by atoms with E-state index in [-0.39, 0.29) is 5.97 Å². The Morgan fingerprint density at radius 1 is 1.13 bits per heavy atom. The van der Waals surface area contributed by atoms with Crippen molar-refractivity contribution in [3.05, 3.63) is 40.3 Å². The minimum Gasteiger partial charge on any atom is -0.462 e. The maximum absolute atomic E-state index is 12.4. The van der Waals surface area contributed by atoms with Crippen LogP contribution >= 0.6 is 11.3 Å². The normalized spacial score (nSPS) is 11.3. The van der Waals surface area contributed by atoms with Crippen LogP contribution in [0, 0.1) is 0 Å². The maximum Gasteiger partial charge on any atom is 0.341 e. The van der Waals surface area contributed by atoms with Crippen LogP contribution < -0.4 is 5.73 Å². The second kappa shape index (κ2) is 7.18. The molecule has 0 spiro atoms. The van der Waals surface area contributed by atoms with Gasteiger partial charge in [0.2, 0.25) is 0 Å². The number of nitrogens with two attached hydrogens (primary N) is 1. The van der Waals surface area contributed by atoms with Gasteiger partial charge in [-0.3, -0.25) is 0 Å². The van der Waals surface area contributed by atoms with Crippen molar-refractivity contribution in [3.63, 3.8) is 0 Å². The monoisotopic (exact) mass is 331 g/mol. The number of rotatable bonds is 5. The number of benzene rings is 1. The molecule has 0 aliphatic rings. The third-order valence-corrected chi connectivity index (χ3v) is 5.15. The van der Waals surface area contributed by atoms with E-state index in [1.54, 1.807) is 6.92 Å². The zero-order valence-corrected chi connectivity index (χ0v) is 15.3. The van der Waals surface area contributed by atoms with Crippen molar-refractivity contribution >= 4 is 22.3 Å². The highest BCUT2D eigenvalue weighted by atomic mass is 32.1. The molecule has 0 radical (unpaired) electrons. The molecule has 0 unspecified atom stereocenters. The van der Waals surface area contributed by atoms with Crippen molar-refractivity contribution < 1.29 is 9.53 Å². The number of anilines is 1. The van der Waals surface area contributed by atoms with Gasteiger partial charge in [0.1, 0.15) is 10.6 Å². The first kappa shape index (κ1) is 17.5. The third-order valence-electron chi connectivity index (χ3n) is 3.83. The fraction of sp³-hybridized carbons (Fsp3) is 0.421. The van der Waals surface area contributed by atoms with Gasteiger partial charge in [0.15, 0.2) is 0 Å². The zero-order valence-electron chi connectivity index (χ0n) is 14.5. The van der Waals surface area contributed by atoms with Gasteiger partial charge in [0.25, 0.3) is 0 Å². The molecule has 0 bridgehead atoms. The number of carbonyl (C=O) groups is 1. The number of esters is 1. The lowest BCUT2D eigenvalue weighted by atomic mass is 9.94. The van der Waals surface area contributed by atoms with E-state index in [1.807, 2.05) is 0 Å². The molecule has 0 aliphatic heterocycles. The van der Waals surface area contributed by atoms with Crippen LogP contribution in [0.25, 0.3) is 11.1 Å². The Hall–Kier alpha value is -1.81. The van der Waals surface area contributed by atoms with Gasteiger partial charge in [0.05, 0.1) is 6.61 Å². The highest BCUT2D eigenvalue weighted by molar-refractivity contribution is 7.17. The minimum atomic E-state index is -0.337. The molecule has 0 amide bonds. The summed E-state index contributed by atoms with van der Waals surface area (Å²) >= 11 is 1.49. The lowest BCUT2D eigenvalue weighted by Crippen LogP contribution is -2.07. The van der Waals surface area contributed by atoms with E-state index in [0.717, 1.165) is 16.0 Å². The first-order valence-corrected chi connectivity index (χ1v) is 8.88. The van der Waals surface area contributed by atoms with Gasteiger partial charge in [-0.05, 0) is 29.9 Å². The van der Waals surface area contributed by atoms with Crippen molar-refractivity contribution in [2.24, 2.45) is 0 Å². The summed E-state index contributed by atoms with van der Waals surface area (Å²) in [7, 11) is 0. The summed E-state index contributed by atoms with van der Waals surface area (Å²) in [5, 5.41) is 0.537. The van der Waals surface area contributed by atoms with Crippen LogP contribution in [-0.4, -0.2) is 12.6 Å². The van der Waals surface area contributed by atoms with Crippen LogP contribution in [0.4, 0.5) is 5.00 Å². The fourth-order valence-corrected chi connectivity index (χ4v) is 3.68. The van der Waals surface area contributed by atoms with Gasteiger partial charge in [-0.1, -0.05) is 52.0 Å². The van der Waals surface area contributed by atoms with E-state index in [4.69, 9.17) is 10.5 Å². The molecular formula is C19H25NO2S. The highest BCUT2D eigenvalue weighted by Gasteiger charge is 2.25. The molecule has 1 aromatic heterocycles. The van der Waals surface area contributed by atoms with Crippen molar-refractivity contribution in [1.82, 2.24) is 0 Å². The van der Waals surface area contributed by atoms with Crippen LogP contribution in [0.2, 0.25) is 0 Å². The molecule has 0 atom stereocenters. The Balaban J connectivity index is 2.60. The summed E-state index contributed by atoms with van der Waals surface area (Å²) in [6.07, 6.45) is 0. The summed E-state index contributed by atoms with van der Waals surface area (Å²) in [4.78, 5) is 13.5. The fourth-order valence-electron chi connectivity index (χ4n) is 2.60. The Morgan fingerprint density at radius 2 is 1.74 bits per heavy atom. The predicted octanol–water partition coefficient (Wildman–Crippen LogP) is 5.42. The molecular weight excluding hydrogens is 306 g/mol. The number of nitrogen functional groups attached to an aromatic ring is 1. The van der Waals surface area contributed by atoms with Crippen LogP contribution in [0.3, 0.4) is 0 Å². The predicted molar refractivity (Wildman–Crippen MR) is 98.3 cm³/mol. The SMILES string of the molecule is CCOC(=O)c1c(N)sc(C(C)C)c1-c1ccc(C(C)C)cc1. The topological polar surface area (TPSA) is 52.3 Å². The molecule has 2 N–H and O–H groups in total. The second-order valence-corrected chi connectivity index (χ2v) is 7.32. The summed E-state index contributed by atoms with van der Waals surface area (Å²) in [6, 6.07) is 8.39. The number of hydrogen-bond acceptors (Lipinski definition) is 4. The van der Waals surface area contributed by atoms with Gasteiger partial charge < -0.3 is 10.5 Å². The van der Waals surface area contributed by atoms with E-state index in [0.29, 0.717) is 29.0 Å². The molecule has 0 aliphatic carbocycles. The summed E-state index contributed by atoms with van der Waals surface area (Å²) in [5.74, 6) is 0.437. The van der Waals surface area contributed by atoms with Crippen molar-refractivity contribution in [2.45, 2.75) is 46.5 Å². The molecule has 0 fully saturated rings. The molecule has 1 heterocycles. The van der Waals surface area contributed by atoms with Gasteiger partial charge >= 0.3 is 5.97 Å². The standard InChI is InChI=1S/C19H25NO2S/c1-6-22-19(21)16-15(17(12(4)5)23-18(16)20)14-9-7-13(8-10-14)11(2)3/h7-12H,6,20H2,1-5H3. The van der Waals surface area contributed by atoms with Gasteiger partial charge in [-0.2, -0.15) is 0 Å². The average molecular weight is 331 g/mol. The Morgan fingerprint density at radius 3 is 2.22 bits per heavy atom. The van der Waals surface area contributed by atoms with Crippen molar-refractivity contribution in [2.75, 3.05) is 12.3 Å². The van der Waals surface area contributed by atoms with Crippen LogP contribution in [-0.2, 0) is 4.74 Å². The van der Waals surface area contributed by atoms with Crippen LogP contribution in [0.15, 0.2) is 24.3 Å². The molecule has 2 aromatic rings. The molecule has 1 aromatic carbocycles. The molecule has 0 saturated heterocycles. The Labute approximate surface area is 142 Å². The van der Waals surface area contributed by atoms with E-state index < -0.39 is 0 Å². The first-order chi connectivity index (χ1) is 10.9. The number of thiophene rings is 1. The molecule has 3 nitrogen and oxygen atoms in total. The van der Waals surface area contributed by atoms with E-state index in [9.17, 15) is 4.79 Å². The second-order valence-electron chi connectivity index (χ2n) is 6.23. The molecule has 4 heteroatoms. The third kappa shape index (κ3) is 3.58. The van der Waals surface area contributed by atoms with Crippen LogP contribution in [0.5, 0.6) is 0 Å². The molecule has 2 rings (SSSR count). The smallest absolute Gasteiger partial charge is 0.341 e. The number of hydrogen-bond donors (Lipinski definition) is 1. The lowest BCUT2D eigenvalue weighted by Gasteiger charge is -2.12. The summed E-state index contributed by atoms with van der Waals surface area (Å²) < 4.78 is 5.21. The van der Waals surface area contributed by atoms with Crippen molar-refractivity contribution in [1.29, 1.82) is 0 Å².